The molecule has 5 heteroatoms. The predicted molar refractivity (Wildman–Crippen MR) is 71.2 cm³/mol. The van der Waals surface area contributed by atoms with Crippen LogP contribution in [0.5, 0.6) is 0 Å². The fourth-order valence-electron chi connectivity index (χ4n) is 1.53. The summed E-state index contributed by atoms with van der Waals surface area (Å²) in [5, 5.41) is 9.02. The highest BCUT2D eigenvalue weighted by Crippen LogP contribution is 2.23. The van der Waals surface area contributed by atoms with Gasteiger partial charge in [0.05, 0.1) is 5.54 Å². The van der Waals surface area contributed by atoms with Crippen LogP contribution in [0.25, 0.3) is 0 Å². The highest BCUT2D eigenvalue weighted by atomic mass is 32.1. The molecule has 1 aromatic rings. The maximum Gasteiger partial charge on any atom is 0.220 e. The summed E-state index contributed by atoms with van der Waals surface area (Å²) in [6.07, 6.45) is 1.41. The smallest absolute Gasteiger partial charge is 0.220 e. The van der Waals surface area contributed by atoms with Gasteiger partial charge < -0.3 is 10.6 Å². The molecule has 17 heavy (non-hydrogen) atoms. The molecule has 0 aromatic carbocycles. The molecule has 0 bridgehead atoms. The van der Waals surface area contributed by atoms with E-state index in [4.69, 9.17) is 0 Å². The monoisotopic (exact) mass is 255 g/mol. The molecule has 0 aliphatic heterocycles. The lowest BCUT2D eigenvalue weighted by Gasteiger charge is -2.23. The number of amides is 1. The van der Waals surface area contributed by atoms with E-state index in [0.717, 1.165) is 23.7 Å². The molecular weight excluding hydrogens is 234 g/mol. The average Bonchev–Trinajstić information content (AvgIpc) is 2.65. The first-order valence-corrected chi connectivity index (χ1v) is 6.72. The average molecular weight is 255 g/mol. The Labute approximate surface area is 107 Å². The van der Waals surface area contributed by atoms with Crippen LogP contribution in [0.1, 0.15) is 37.4 Å². The summed E-state index contributed by atoms with van der Waals surface area (Å²) < 4.78 is 0. The number of carbonyl (C=O) groups is 1. The van der Waals surface area contributed by atoms with Crippen LogP contribution in [0.15, 0.2) is 5.38 Å². The third-order valence-corrected chi connectivity index (χ3v) is 3.72. The van der Waals surface area contributed by atoms with Gasteiger partial charge in [-0.25, -0.2) is 4.98 Å². The highest BCUT2D eigenvalue weighted by Gasteiger charge is 2.25. The third kappa shape index (κ3) is 4.44. The number of hydrogen-bond donors (Lipinski definition) is 2. The molecule has 0 saturated carbocycles. The van der Waals surface area contributed by atoms with Crippen LogP contribution in [-0.4, -0.2) is 24.5 Å². The lowest BCUT2D eigenvalue weighted by molar-refractivity contribution is -0.122. The second-order valence-corrected chi connectivity index (χ2v) is 5.53. The molecule has 0 radical (unpaired) electrons. The Morgan fingerprint density at radius 3 is 2.76 bits per heavy atom. The summed E-state index contributed by atoms with van der Waals surface area (Å²) in [6.45, 7) is 6.80. The second kappa shape index (κ2) is 6.12. The van der Waals surface area contributed by atoms with Crippen molar-refractivity contribution in [1.29, 1.82) is 0 Å². The van der Waals surface area contributed by atoms with Crippen LogP contribution in [-0.2, 0) is 10.3 Å². The molecule has 1 rings (SSSR count). The number of nitrogens with zero attached hydrogens (tertiary/aromatic N) is 1. The Balaban J connectivity index is 2.51. The summed E-state index contributed by atoms with van der Waals surface area (Å²) in [7, 11) is 1.89. The van der Waals surface area contributed by atoms with Crippen LogP contribution >= 0.6 is 11.3 Å². The van der Waals surface area contributed by atoms with Crippen molar-refractivity contribution < 1.29 is 4.79 Å². The summed E-state index contributed by atoms with van der Waals surface area (Å²) in [6, 6.07) is 0. The standard InChI is InChI=1S/C12H21N3OS/c1-9-8-17-11(14-9)12(2,3)15-10(16)6-5-7-13-4/h8,13H,5-7H2,1-4H3,(H,15,16). The number of thiazole rings is 1. The SMILES string of the molecule is CNCCCC(=O)NC(C)(C)c1nc(C)cs1. The van der Waals surface area contributed by atoms with Gasteiger partial charge in [0.1, 0.15) is 5.01 Å². The van der Waals surface area contributed by atoms with Crippen LogP contribution in [0, 0.1) is 6.92 Å². The molecule has 1 heterocycles. The van der Waals surface area contributed by atoms with E-state index in [0.29, 0.717) is 6.42 Å². The van der Waals surface area contributed by atoms with Crippen LogP contribution < -0.4 is 10.6 Å². The number of hydrogen-bond acceptors (Lipinski definition) is 4. The van der Waals surface area contributed by atoms with E-state index in [1.54, 1.807) is 11.3 Å². The van der Waals surface area contributed by atoms with E-state index in [1.807, 2.05) is 33.2 Å². The van der Waals surface area contributed by atoms with Gasteiger partial charge in [-0.15, -0.1) is 11.3 Å². The molecule has 1 aromatic heterocycles. The first kappa shape index (κ1) is 14.1. The molecule has 0 fully saturated rings. The van der Waals surface area contributed by atoms with Gasteiger partial charge in [-0.2, -0.15) is 0 Å². The molecule has 0 saturated heterocycles. The van der Waals surface area contributed by atoms with Crippen LogP contribution in [0.4, 0.5) is 0 Å². The molecule has 2 N–H and O–H groups in total. The van der Waals surface area contributed by atoms with Crippen molar-refractivity contribution in [1.82, 2.24) is 15.6 Å². The minimum Gasteiger partial charge on any atom is -0.345 e. The zero-order valence-electron chi connectivity index (χ0n) is 11.0. The largest absolute Gasteiger partial charge is 0.345 e. The highest BCUT2D eigenvalue weighted by molar-refractivity contribution is 7.09. The molecule has 4 nitrogen and oxygen atoms in total. The predicted octanol–water partition coefficient (Wildman–Crippen LogP) is 1.80. The summed E-state index contributed by atoms with van der Waals surface area (Å²) in [4.78, 5) is 16.2. The number of rotatable bonds is 6. The quantitative estimate of drug-likeness (QED) is 0.762. The first-order valence-electron chi connectivity index (χ1n) is 5.84. The fraction of sp³-hybridized carbons (Fsp3) is 0.667. The van der Waals surface area contributed by atoms with Gasteiger partial charge in [0.25, 0.3) is 0 Å². The molecule has 96 valence electrons. The van der Waals surface area contributed by atoms with Crippen molar-refractivity contribution >= 4 is 17.2 Å². The van der Waals surface area contributed by atoms with Gasteiger partial charge in [0.15, 0.2) is 0 Å². The van der Waals surface area contributed by atoms with E-state index in [9.17, 15) is 4.79 Å². The van der Waals surface area contributed by atoms with E-state index in [2.05, 4.69) is 15.6 Å². The van der Waals surface area contributed by atoms with E-state index in [-0.39, 0.29) is 11.4 Å². The number of nitrogens with one attached hydrogen (secondary N) is 2. The minimum atomic E-state index is -0.379. The Hall–Kier alpha value is -0.940. The number of aryl methyl sites for hydroxylation is 1. The van der Waals surface area contributed by atoms with Crippen molar-refractivity contribution in [3.63, 3.8) is 0 Å². The normalized spacial score (nSPS) is 11.5. The summed E-state index contributed by atoms with van der Waals surface area (Å²) in [5.41, 5.74) is 0.623. The van der Waals surface area contributed by atoms with Gasteiger partial charge in [-0.3, -0.25) is 4.79 Å². The molecule has 1 amide bonds. The van der Waals surface area contributed by atoms with Gasteiger partial charge >= 0.3 is 0 Å². The first-order chi connectivity index (χ1) is 7.95. The zero-order chi connectivity index (χ0) is 12.9. The summed E-state index contributed by atoms with van der Waals surface area (Å²) in [5.74, 6) is 0.0816. The molecular formula is C12H21N3OS. The summed E-state index contributed by atoms with van der Waals surface area (Å²) >= 11 is 1.59. The van der Waals surface area contributed by atoms with Crippen molar-refractivity contribution in [3.8, 4) is 0 Å². The maximum atomic E-state index is 11.8. The van der Waals surface area contributed by atoms with Gasteiger partial charge in [0.2, 0.25) is 5.91 Å². The van der Waals surface area contributed by atoms with E-state index < -0.39 is 0 Å². The lowest BCUT2D eigenvalue weighted by atomic mass is 10.1. The van der Waals surface area contributed by atoms with Crippen molar-refractivity contribution in [2.75, 3.05) is 13.6 Å². The third-order valence-electron chi connectivity index (χ3n) is 2.44. The molecule has 0 aliphatic carbocycles. The molecule has 0 aliphatic rings. The number of carbonyl (C=O) groups excluding carboxylic acids is 1. The minimum absolute atomic E-state index is 0.0816. The second-order valence-electron chi connectivity index (χ2n) is 4.67. The molecule has 0 spiro atoms. The van der Waals surface area contributed by atoms with Crippen molar-refractivity contribution in [2.24, 2.45) is 0 Å². The topological polar surface area (TPSA) is 54.0 Å². The number of aromatic nitrogens is 1. The Morgan fingerprint density at radius 2 is 2.24 bits per heavy atom. The van der Waals surface area contributed by atoms with Crippen LogP contribution in [0.3, 0.4) is 0 Å². The van der Waals surface area contributed by atoms with E-state index >= 15 is 0 Å². The zero-order valence-corrected chi connectivity index (χ0v) is 11.8. The van der Waals surface area contributed by atoms with Crippen LogP contribution in [0.2, 0.25) is 0 Å². The van der Waals surface area contributed by atoms with Gasteiger partial charge in [0, 0.05) is 17.5 Å². The Morgan fingerprint density at radius 1 is 1.53 bits per heavy atom. The Kier molecular flexibility index (Phi) is 5.08. The molecule has 0 unspecified atom stereocenters. The fourth-order valence-corrected chi connectivity index (χ4v) is 2.41. The van der Waals surface area contributed by atoms with E-state index in [1.165, 1.54) is 0 Å². The van der Waals surface area contributed by atoms with Gasteiger partial charge in [-0.05, 0) is 40.8 Å². The van der Waals surface area contributed by atoms with Crippen molar-refractivity contribution in [2.45, 2.75) is 39.2 Å². The van der Waals surface area contributed by atoms with Crippen molar-refractivity contribution in [3.05, 3.63) is 16.1 Å². The van der Waals surface area contributed by atoms with Gasteiger partial charge in [-0.1, -0.05) is 0 Å². The molecule has 0 atom stereocenters. The maximum absolute atomic E-state index is 11.8. The lowest BCUT2D eigenvalue weighted by Crippen LogP contribution is -2.41. The Bertz CT molecular complexity index is 374.